The van der Waals surface area contributed by atoms with E-state index < -0.39 is 0 Å². The molecule has 0 aliphatic heterocycles. The topological polar surface area (TPSA) is 29.9 Å². The molecule has 0 amide bonds. The van der Waals surface area contributed by atoms with Crippen LogP contribution in [0, 0.1) is 0 Å². The molecule has 1 aromatic carbocycles. The first kappa shape index (κ1) is 15.3. The molecule has 3 aromatic rings. The monoisotopic (exact) mass is 331 g/mol. The Hall–Kier alpha value is -1.62. The van der Waals surface area contributed by atoms with Crippen LogP contribution in [0.5, 0.6) is 0 Å². The summed E-state index contributed by atoms with van der Waals surface area (Å²) in [6.07, 6.45) is 4.93. The zero-order valence-electron chi connectivity index (χ0n) is 12.4. The summed E-state index contributed by atoms with van der Waals surface area (Å²) in [6, 6.07) is 12.2. The minimum Gasteiger partial charge on any atom is -0.350 e. The lowest BCUT2D eigenvalue weighted by Crippen LogP contribution is -2.16. The van der Waals surface area contributed by atoms with Gasteiger partial charge in [0.1, 0.15) is 5.01 Å². The molecule has 0 saturated carbocycles. The van der Waals surface area contributed by atoms with Gasteiger partial charge in [0.25, 0.3) is 0 Å². The fraction of sp³-hybridized carbons (Fsp3) is 0.235. The van der Waals surface area contributed by atoms with E-state index in [-0.39, 0.29) is 0 Å². The van der Waals surface area contributed by atoms with Gasteiger partial charge >= 0.3 is 0 Å². The average Bonchev–Trinajstić information content (AvgIpc) is 3.14. The molecule has 0 fully saturated rings. The molecule has 114 valence electrons. The molecule has 0 aliphatic carbocycles. The lowest BCUT2D eigenvalue weighted by Gasteiger charge is -2.04. The Morgan fingerprint density at radius 3 is 2.86 bits per heavy atom. The summed E-state index contributed by atoms with van der Waals surface area (Å²) in [5.41, 5.74) is 2.39. The summed E-state index contributed by atoms with van der Waals surface area (Å²) in [4.78, 5) is 5.70. The molecule has 5 heteroatoms. The van der Waals surface area contributed by atoms with Gasteiger partial charge in [-0.15, -0.1) is 11.3 Å². The van der Waals surface area contributed by atoms with Gasteiger partial charge in [-0.25, -0.2) is 4.98 Å². The number of halogens is 1. The first-order valence-electron chi connectivity index (χ1n) is 7.24. The zero-order chi connectivity index (χ0) is 15.4. The summed E-state index contributed by atoms with van der Waals surface area (Å²) in [5.74, 6) is 0. The lowest BCUT2D eigenvalue weighted by molar-refractivity contribution is 0.684. The van der Waals surface area contributed by atoms with Gasteiger partial charge in [-0.3, -0.25) is 0 Å². The van der Waals surface area contributed by atoms with Crippen molar-refractivity contribution in [2.45, 2.75) is 13.0 Å². The lowest BCUT2D eigenvalue weighted by atomic mass is 10.1. The number of hydrogen-bond acceptors (Lipinski definition) is 3. The van der Waals surface area contributed by atoms with Crippen molar-refractivity contribution in [1.29, 1.82) is 0 Å². The maximum absolute atomic E-state index is 6.15. The molecule has 0 unspecified atom stereocenters. The maximum atomic E-state index is 6.15. The van der Waals surface area contributed by atoms with Gasteiger partial charge in [0, 0.05) is 31.0 Å². The van der Waals surface area contributed by atoms with E-state index >= 15 is 0 Å². The van der Waals surface area contributed by atoms with Crippen molar-refractivity contribution in [2.24, 2.45) is 7.05 Å². The third kappa shape index (κ3) is 3.58. The number of nitrogens with one attached hydrogen (secondary N) is 1. The Kier molecular flexibility index (Phi) is 4.93. The number of aromatic nitrogens is 2. The molecule has 0 bridgehead atoms. The van der Waals surface area contributed by atoms with Crippen LogP contribution in [-0.2, 0) is 20.0 Å². The molecular formula is C17H18ClN3S. The van der Waals surface area contributed by atoms with Gasteiger partial charge in [0.2, 0.25) is 0 Å². The predicted octanol–water partition coefficient (Wildman–Crippen LogP) is 4.13. The highest BCUT2D eigenvalue weighted by atomic mass is 35.5. The highest BCUT2D eigenvalue weighted by Gasteiger charge is 2.06. The Bertz CT molecular complexity index is 748. The molecule has 22 heavy (non-hydrogen) atoms. The van der Waals surface area contributed by atoms with Crippen LogP contribution >= 0.6 is 22.9 Å². The number of aryl methyl sites for hydroxylation is 1. The minimum absolute atomic E-state index is 0.791. The van der Waals surface area contributed by atoms with Gasteiger partial charge in [0.05, 0.1) is 10.6 Å². The van der Waals surface area contributed by atoms with Crippen LogP contribution in [0.2, 0.25) is 5.02 Å². The van der Waals surface area contributed by atoms with E-state index in [2.05, 4.69) is 46.3 Å². The first-order valence-corrected chi connectivity index (χ1v) is 8.44. The number of benzene rings is 1. The van der Waals surface area contributed by atoms with Crippen molar-refractivity contribution in [3.05, 3.63) is 64.4 Å². The van der Waals surface area contributed by atoms with Gasteiger partial charge < -0.3 is 9.88 Å². The second-order valence-corrected chi connectivity index (χ2v) is 6.66. The molecule has 2 heterocycles. The number of nitrogens with zero attached hydrogens (tertiary/aromatic N) is 2. The van der Waals surface area contributed by atoms with Crippen LogP contribution in [0.3, 0.4) is 0 Å². The van der Waals surface area contributed by atoms with Gasteiger partial charge in [-0.1, -0.05) is 29.8 Å². The largest absolute Gasteiger partial charge is 0.350 e. The second-order valence-electron chi connectivity index (χ2n) is 5.14. The predicted molar refractivity (Wildman–Crippen MR) is 93.4 cm³/mol. The Morgan fingerprint density at radius 2 is 2.09 bits per heavy atom. The Balaban J connectivity index is 1.52. The highest BCUT2D eigenvalue weighted by molar-refractivity contribution is 7.15. The summed E-state index contributed by atoms with van der Waals surface area (Å²) in [7, 11) is 2.05. The quantitative estimate of drug-likeness (QED) is 0.688. The summed E-state index contributed by atoms with van der Waals surface area (Å²) >= 11 is 7.89. The molecule has 2 aromatic heterocycles. The van der Waals surface area contributed by atoms with Gasteiger partial charge in [-0.05, 0) is 36.7 Å². The van der Waals surface area contributed by atoms with E-state index in [4.69, 9.17) is 11.6 Å². The van der Waals surface area contributed by atoms with Crippen LogP contribution in [0.15, 0.2) is 48.8 Å². The van der Waals surface area contributed by atoms with E-state index in [1.807, 2.05) is 24.4 Å². The molecule has 0 spiro atoms. The van der Waals surface area contributed by atoms with E-state index in [0.717, 1.165) is 29.5 Å². The summed E-state index contributed by atoms with van der Waals surface area (Å²) < 4.78 is 2.11. The van der Waals surface area contributed by atoms with Crippen molar-refractivity contribution in [3.8, 4) is 10.6 Å². The zero-order valence-corrected chi connectivity index (χ0v) is 14.0. The fourth-order valence-electron chi connectivity index (χ4n) is 2.35. The molecule has 0 saturated heterocycles. The van der Waals surface area contributed by atoms with Crippen molar-refractivity contribution in [1.82, 2.24) is 14.9 Å². The van der Waals surface area contributed by atoms with Gasteiger partial charge in [0.15, 0.2) is 0 Å². The van der Waals surface area contributed by atoms with E-state index in [9.17, 15) is 0 Å². The van der Waals surface area contributed by atoms with Crippen molar-refractivity contribution in [3.63, 3.8) is 0 Å². The van der Waals surface area contributed by atoms with Crippen LogP contribution in [-0.4, -0.2) is 16.1 Å². The van der Waals surface area contributed by atoms with Crippen LogP contribution in [0.4, 0.5) is 0 Å². The van der Waals surface area contributed by atoms with Crippen LogP contribution in [0.1, 0.15) is 10.6 Å². The smallest absolute Gasteiger partial charge is 0.107 e. The molecule has 1 N–H and O–H groups in total. The maximum Gasteiger partial charge on any atom is 0.107 e. The normalized spacial score (nSPS) is 11.0. The summed E-state index contributed by atoms with van der Waals surface area (Å²) in [5, 5.41) is 5.38. The van der Waals surface area contributed by atoms with Crippen LogP contribution < -0.4 is 5.32 Å². The van der Waals surface area contributed by atoms with E-state index in [1.165, 1.54) is 16.1 Å². The summed E-state index contributed by atoms with van der Waals surface area (Å²) in [6.45, 7) is 1.68. The first-order chi connectivity index (χ1) is 10.7. The van der Waals surface area contributed by atoms with Crippen LogP contribution in [0.25, 0.3) is 10.6 Å². The third-order valence-corrected chi connectivity index (χ3v) is 4.94. The van der Waals surface area contributed by atoms with E-state index in [0.29, 0.717) is 0 Å². The molecule has 0 aliphatic rings. The standard InChI is InChI=1S/C17H18ClN3S/c1-21-10-4-7-15(21)16-11-20-17(22-16)12-19-9-8-13-5-2-3-6-14(13)18/h2-7,10-11,19H,8-9,12H2,1H3. The second kappa shape index (κ2) is 7.09. The Morgan fingerprint density at radius 1 is 1.23 bits per heavy atom. The fourth-order valence-corrected chi connectivity index (χ4v) is 3.53. The molecular weight excluding hydrogens is 314 g/mol. The Labute approximate surface area is 139 Å². The minimum atomic E-state index is 0.791. The molecule has 0 radical (unpaired) electrons. The van der Waals surface area contributed by atoms with Crippen molar-refractivity contribution in [2.75, 3.05) is 6.54 Å². The number of thiazole rings is 1. The van der Waals surface area contributed by atoms with Crippen molar-refractivity contribution >= 4 is 22.9 Å². The highest BCUT2D eigenvalue weighted by Crippen LogP contribution is 2.25. The van der Waals surface area contributed by atoms with Gasteiger partial charge in [-0.2, -0.15) is 0 Å². The molecule has 0 atom stereocenters. The number of hydrogen-bond donors (Lipinski definition) is 1. The van der Waals surface area contributed by atoms with E-state index in [1.54, 1.807) is 11.3 Å². The number of rotatable bonds is 6. The molecule has 3 rings (SSSR count). The molecule has 3 nitrogen and oxygen atoms in total. The van der Waals surface area contributed by atoms with Crippen molar-refractivity contribution < 1.29 is 0 Å². The third-order valence-electron chi connectivity index (χ3n) is 3.55. The average molecular weight is 332 g/mol. The SMILES string of the molecule is Cn1cccc1-c1cnc(CNCCc2ccccc2Cl)s1.